The maximum atomic E-state index is 4.94. The van der Waals surface area contributed by atoms with Crippen molar-refractivity contribution in [1.82, 2.24) is 0 Å². The minimum Gasteiger partial charge on any atom is -0.381 e. The number of rotatable bonds is 4. The third-order valence-corrected chi connectivity index (χ3v) is 2.16. The second-order valence-corrected chi connectivity index (χ2v) is 3.73. The van der Waals surface area contributed by atoms with Gasteiger partial charge in [-0.1, -0.05) is 49.1 Å². The molecule has 0 N–H and O–H groups in total. The maximum absolute atomic E-state index is 4.94. The average Bonchev–Trinajstić information content (AvgIpc) is 2.31. The van der Waals surface area contributed by atoms with Crippen LogP contribution >= 0.6 is 0 Å². The summed E-state index contributed by atoms with van der Waals surface area (Å²) in [5.41, 5.74) is 1.08. The van der Waals surface area contributed by atoms with Crippen LogP contribution in [0, 0.1) is 17.8 Å². The highest BCUT2D eigenvalue weighted by Gasteiger charge is 1.92. The SMILES string of the molecule is COC/C=C/[C@H](C)CC#Cc1ccccc1. The molecule has 1 aromatic rings. The van der Waals surface area contributed by atoms with Gasteiger partial charge in [0.25, 0.3) is 0 Å². The van der Waals surface area contributed by atoms with E-state index in [0.717, 1.165) is 12.0 Å². The molecular weight excluding hydrogens is 196 g/mol. The minimum absolute atomic E-state index is 0.478. The first-order valence-electron chi connectivity index (χ1n) is 5.52. The Morgan fingerprint density at radius 3 is 2.75 bits per heavy atom. The van der Waals surface area contributed by atoms with Gasteiger partial charge >= 0.3 is 0 Å². The summed E-state index contributed by atoms with van der Waals surface area (Å²) >= 11 is 0. The fourth-order valence-electron chi connectivity index (χ4n) is 1.29. The molecule has 1 nitrogen and oxygen atoms in total. The van der Waals surface area contributed by atoms with Crippen molar-refractivity contribution >= 4 is 0 Å². The number of allylic oxidation sites excluding steroid dienone is 1. The fraction of sp³-hybridized carbons (Fsp3) is 0.333. The lowest BCUT2D eigenvalue weighted by atomic mass is 10.1. The van der Waals surface area contributed by atoms with Crippen LogP contribution in [0.15, 0.2) is 42.5 Å². The zero-order chi connectivity index (χ0) is 11.6. The predicted octanol–water partition coefficient (Wildman–Crippen LogP) is 3.27. The highest BCUT2D eigenvalue weighted by Crippen LogP contribution is 2.03. The molecule has 1 atom stereocenters. The number of ether oxygens (including phenoxy) is 1. The molecule has 0 spiro atoms. The van der Waals surface area contributed by atoms with E-state index in [2.05, 4.69) is 24.8 Å². The van der Waals surface area contributed by atoms with E-state index in [-0.39, 0.29) is 0 Å². The van der Waals surface area contributed by atoms with Gasteiger partial charge in [-0.3, -0.25) is 0 Å². The van der Waals surface area contributed by atoms with Crippen molar-refractivity contribution in [2.75, 3.05) is 13.7 Å². The molecule has 0 aliphatic heterocycles. The van der Waals surface area contributed by atoms with Crippen molar-refractivity contribution in [3.8, 4) is 11.8 Å². The molecule has 84 valence electrons. The summed E-state index contributed by atoms with van der Waals surface area (Å²) < 4.78 is 4.94. The molecule has 0 heterocycles. The second-order valence-electron chi connectivity index (χ2n) is 3.73. The maximum Gasteiger partial charge on any atom is 0.0643 e. The van der Waals surface area contributed by atoms with Crippen LogP contribution in [-0.4, -0.2) is 13.7 Å². The summed E-state index contributed by atoms with van der Waals surface area (Å²) in [6, 6.07) is 10.1. The smallest absolute Gasteiger partial charge is 0.0643 e. The summed E-state index contributed by atoms with van der Waals surface area (Å²) in [7, 11) is 1.70. The molecule has 0 saturated carbocycles. The van der Waals surface area contributed by atoms with Gasteiger partial charge in [0.2, 0.25) is 0 Å². The van der Waals surface area contributed by atoms with Crippen LogP contribution < -0.4 is 0 Å². The van der Waals surface area contributed by atoms with Crippen LogP contribution in [0.2, 0.25) is 0 Å². The van der Waals surface area contributed by atoms with E-state index in [1.165, 1.54) is 0 Å². The highest BCUT2D eigenvalue weighted by atomic mass is 16.5. The molecule has 0 amide bonds. The van der Waals surface area contributed by atoms with Gasteiger partial charge < -0.3 is 4.74 Å². The number of hydrogen-bond donors (Lipinski definition) is 0. The zero-order valence-corrected chi connectivity index (χ0v) is 9.94. The van der Waals surface area contributed by atoms with Crippen LogP contribution in [0.4, 0.5) is 0 Å². The first kappa shape index (κ1) is 12.5. The molecule has 16 heavy (non-hydrogen) atoms. The normalized spacial score (nSPS) is 12.1. The zero-order valence-electron chi connectivity index (χ0n) is 9.94. The van der Waals surface area contributed by atoms with E-state index in [0.29, 0.717) is 12.5 Å². The molecule has 0 bridgehead atoms. The van der Waals surface area contributed by atoms with Crippen molar-refractivity contribution in [1.29, 1.82) is 0 Å². The molecule has 1 aromatic carbocycles. The molecule has 1 rings (SSSR count). The molecule has 0 saturated heterocycles. The largest absolute Gasteiger partial charge is 0.381 e. The van der Waals surface area contributed by atoms with E-state index >= 15 is 0 Å². The van der Waals surface area contributed by atoms with Gasteiger partial charge in [0.1, 0.15) is 0 Å². The van der Waals surface area contributed by atoms with E-state index in [4.69, 9.17) is 4.74 Å². The first-order valence-corrected chi connectivity index (χ1v) is 5.52. The summed E-state index contributed by atoms with van der Waals surface area (Å²) in [5, 5.41) is 0. The Labute approximate surface area is 98.1 Å². The predicted molar refractivity (Wildman–Crippen MR) is 68.1 cm³/mol. The fourth-order valence-corrected chi connectivity index (χ4v) is 1.29. The number of methoxy groups -OCH3 is 1. The van der Waals surface area contributed by atoms with E-state index in [1.54, 1.807) is 7.11 Å². The third-order valence-electron chi connectivity index (χ3n) is 2.16. The van der Waals surface area contributed by atoms with Gasteiger partial charge in [0.05, 0.1) is 6.61 Å². The molecule has 1 heteroatoms. The summed E-state index contributed by atoms with van der Waals surface area (Å²) in [6.07, 6.45) is 5.06. The van der Waals surface area contributed by atoms with Gasteiger partial charge in [0, 0.05) is 19.1 Å². The Kier molecular flexibility index (Phi) is 6.06. The van der Waals surface area contributed by atoms with Gasteiger partial charge in [-0.15, -0.1) is 0 Å². The highest BCUT2D eigenvalue weighted by molar-refractivity contribution is 5.33. The van der Waals surface area contributed by atoms with Gasteiger partial charge in [-0.25, -0.2) is 0 Å². The first-order chi connectivity index (χ1) is 7.83. The monoisotopic (exact) mass is 214 g/mol. The van der Waals surface area contributed by atoms with Crippen molar-refractivity contribution in [2.45, 2.75) is 13.3 Å². The molecular formula is C15H18O. The van der Waals surface area contributed by atoms with Crippen LogP contribution in [0.25, 0.3) is 0 Å². The Morgan fingerprint density at radius 1 is 1.31 bits per heavy atom. The third kappa shape index (κ3) is 5.38. The van der Waals surface area contributed by atoms with Crippen LogP contribution in [0.1, 0.15) is 18.9 Å². The Bertz CT molecular complexity index is 367. The van der Waals surface area contributed by atoms with Gasteiger partial charge in [-0.05, 0) is 18.1 Å². The van der Waals surface area contributed by atoms with E-state index in [1.807, 2.05) is 36.4 Å². The molecule has 0 aromatic heterocycles. The van der Waals surface area contributed by atoms with Crippen LogP contribution in [0.5, 0.6) is 0 Å². The standard InChI is InChI=1S/C15H18O/c1-14(9-7-13-16-2)8-6-12-15-10-4-3-5-11-15/h3-5,7,9-11,14H,8,13H2,1-2H3/b9-7+/t14-/m1/s1. The Hall–Kier alpha value is -1.52. The average molecular weight is 214 g/mol. The molecule has 0 aliphatic carbocycles. The number of benzene rings is 1. The Morgan fingerprint density at radius 2 is 2.06 bits per heavy atom. The van der Waals surface area contributed by atoms with Crippen molar-refractivity contribution < 1.29 is 4.74 Å². The molecule has 0 aliphatic rings. The number of hydrogen-bond acceptors (Lipinski definition) is 1. The topological polar surface area (TPSA) is 9.23 Å². The second kappa shape index (κ2) is 7.73. The van der Waals surface area contributed by atoms with E-state index < -0.39 is 0 Å². The quantitative estimate of drug-likeness (QED) is 0.552. The van der Waals surface area contributed by atoms with Crippen LogP contribution in [0.3, 0.4) is 0 Å². The van der Waals surface area contributed by atoms with Crippen molar-refractivity contribution in [3.63, 3.8) is 0 Å². The Balaban J connectivity index is 2.37. The van der Waals surface area contributed by atoms with E-state index in [9.17, 15) is 0 Å². The lowest BCUT2D eigenvalue weighted by Gasteiger charge is -1.98. The van der Waals surface area contributed by atoms with Crippen LogP contribution in [-0.2, 0) is 4.74 Å². The molecule has 0 unspecified atom stereocenters. The summed E-state index contributed by atoms with van der Waals surface area (Å²) in [5.74, 6) is 6.82. The lowest BCUT2D eigenvalue weighted by molar-refractivity contribution is 0.233. The van der Waals surface area contributed by atoms with Gasteiger partial charge in [-0.2, -0.15) is 0 Å². The minimum atomic E-state index is 0.478. The lowest BCUT2D eigenvalue weighted by Crippen LogP contribution is -1.89. The van der Waals surface area contributed by atoms with Gasteiger partial charge in [0.15, 0.2) is 0 Å². The van der Waals surface area contributed by atoms with Crippen molar-refractivity contribution in [3.05, 3.63) is 48.0 Å². The molecule has 0 radical (unpaired) electrons. The molecule has 0 fully saturated rings. The summed E-state index contributed by atoms with van der Waals surface area (Å²) in [4.78, 5) is 0. The summed E-state index contributed by atoms with van der Waals surface area (Å²) in [6.45, 7) is 2.84. The van der Waals surface area contributed by atoms with Crippen molar-refractivity contribution in [2.24, 2.45) is 5.92 Å².